The fraction of sp³-hybridized carbons (Fsp3) is 0.444. The van der Waals surface area contributed by atoms with Gasteiger partial charge in [-0.1, -0.05) is 38.1 Å². The molecule has 2 rings (SSSR count). The molecule has 0 unspecified atom stereocenters. The van der Waals surface area contributed by atoms with Gasteiger partial charge in [-0.3, -0.25) is 9.79 Å². The molecule has 1 aliphatic carbocycles. The van der Waals surface area contributed by atoms with Crippen molar-refractivity contribution >= 4 is 17.6 Å². The molecule has 0 saturated carbocycles. The largest absolute Gasteiger partial charge is 0.353 e. The fourth-order valence-electron chi connectivity index (χ4n) is 2.30. The first-order valence-electron chi connectivity index (χ1n) is 8.10. The number of hydrogen-bond donors (Lipinski definition) is 3. The number of carbonyl (C=O) groups is 1. The highest BCUT2D eigenvalue weighted by Crippen LogP contribution is 2.11. The average Bonchev–Trinajstić information content (AvgIpc) is 3.05. The molecule has 0 fully saturated rings. The molecular weight excluding hydrogens is 288 g/mol. The molecule has 0 atom stereocenters. The van der Waals surface area contributed by atoms with Gasteiger partial charge in [0.15, 0.2) is 5.96 Å². The third-order valence-corrected chi connectivity index (χ3v) is 3.78. The lowest BCUT2D eigenvalue weighted by atomic mass is 10.1. The molecule has 0 heterocycles. The van der Waals surface area contributed by atoms with Gasteiger partial charge in [0.2, 0.25) is 5.91 Å². The maximum Gasteiger partial charge on any atom is 0.226 e. The second-order valence-corrected chi connectivity index (χ2v) is 6.05. The summed E-state index contributed by atoms with van der Waals surface area (Å²) in [4.78, 5) is 15.9. The van der Waals surface area contributed by atoms with Crippen molar-refractivity contribution in [1.29, 1.82) is 0 Å². The van der Waals surface area contributed by atoms with Crippen LogP contribution in [0.5, 0.6) is 0 Å². The van der Waals surface area contributed by atoms with Gasteiger partial charge < -0.3 is 16.0 Å². The first-order valence-corrected chi connectivity index (χ1v) is 8.10. The number of hydrogen-bond acceptors (Lipinski definition) is 2. The summed E-state index contributed by atoms with van der Waals surface area (Å²) in [7, 11) is 1.78. The Morgan fingerprint density at radius 3 is 2.43 bits per heavy atom. The van der Waals surface area contributed by atoms with Gasteiger partial charge in [-0.2, -0.15) is 0 Å². The summed E-state index contributed by atoms with van der Waals surface area (Å²) < 4.78 is 0. The van der Waals surface area contributed by atoms with Crippen LogP contribution in [0.4, 0.5) is 5.69 Å². The molecule has 1 amide bonds. The lowest BCUT2D eigenvalue weighted by molar-refractivity contribution is -0.118. The van der Waals surface area contributed by atoms with E-state index in [0.717, 1.165) is 30.1 Å². The van der Waals surface area contributed by atoms with Crippen LogP contribution in [0.15, 0.2) is 41.4 Å². The Bertz CT molecular complexity index is 567. The summed E-state index contributed by atoms with van der Waals surface area (Å²) in [5.74, 6) is 0.831. The van der Waals surface area contributed by atoms with Crippen LogP contribution in [0.3, 0.4) is 0 Å². The van der Waals surface area contributed by atoms with Crippen LogP contribution in [0.1, 0.15) is 32.3 Å². The van der Waals surface area contributed by atoms with E-state index >= 15 is 0 Å². The highest BCUT2D eigenvalue weighted by molar-refractivity contribution is 5.92. The predicted molar refractivity (Wildman–Crippen MR) is 95.4 cm³/mol. The molecule has 0 aromatic heterocycles. The van der Waals surface area contributed by atoms with E-state index in [1.165, 1.54) is 0 Å². The number of rotatable bonds is 5. The van der Waals surface area contributed by atoms with E-state index in [-0.39, 0.29) is 11.8 Å². The zero-order valence-electron chi connectivity index (χ0n) is 14.1. The van der Waals surface area contributed by atoms with Crippen molar-refractivity contribution < 1.29 is 4.79 Å². The van der Waals surface area contributed by atoms with Crippen LogP contribution in [0.25, 0.3) is 0 Å². The molecule has 23 heavy (non-hydrogen) atoms. The molecule has 124 valence electrons. The number of aliphatic imine (C=N–C) groups is 1. The second-order valence-electron chi connectivity index (χ2n) is 6.05. The molecule has 0 aliphatic heterocycles. The smallest absolute Gasteiger partial charge is 0.226 e. The topological polar surface area (TPSA) is 65.5 Å². The summed E-state index contributed by atoms with van der Waals surface area (Å²) in [6, 6.07) is 8.30. The maximum absolute atomic E-state index is 11.7. The van der Waals surface area contributed by atoms with Crippen LogP contribution in [-0.2, 0) is 11.3 Å². The minimum Gasteiger partial charge on any atom is -0.353 e. The average molecular weight is 314 g/mol. The van der Waals surface area contributed by atoms with E-state index in [4.69, 9.17) is 0 Å². The van der Waals surface area contributed by atoms with Gasteiger partial charge in [0.05, 0.1) is 0 Å². The molecule has 0 saturated heterocycles. The zero-order chi connectivity index (χ0) is 16.7. The Labute approximate surface area is 138 Å². The van der Waals surface area contributed by atoms with Gasteiger partial charge >= 0.3 is 0 Å². The van der Waals surface area contributed by atoms with Gasteiger partial charge in [0.25, 0.3) is 0 Å². The molecule has 5 nitrogen and oxygen atoms in total. The van der Waals surface area contributed by atoms with Crippen molar-refractivity contribution in [2.45, 2.75) is 39.3 Å². The number of carbonyl (C=O) groups excluding carboxylic acids is 1. The summed E-state index contributed by atoms with van der Waals surface area (Å²) in [6.07, 6.45) is 6.47. The van der Waals surface area contributed by atoms with Crippen molar-refractivity contribution in [3.63, 3.8) is 0 Å². The van der Waals surface area contributed by atoms with E-state index < -0.39 is 0 Å². The van der Waals surface area contributed by atoms with Crippen LogP contribution in [0, 0.1) is 5.92 Å². The number of nitrogens with one attached hydrogen (secondary N) is 3. The van der Waals surface area contributed by atoms with E-state index in [1.807, 2.05) is 38.1 Å². The standard InChI is InChI=1S/C18H26N4O/c1-13(2)17(23)21-16-10-8-14(9-11-16)12-20-18(19-3)22-15-6-4-5-7-15/h4-5,8-11,13,15H,6-7,12H2,1-3H3,(H,21,23)(H2,19,20,22). The van der Waals surface area contributed by atoms with Gasteiger partial charge in [-0.15, -0.1) is 0 Å². The monoisotopic (exact) mass is 314 g/mol. The molecule has 3 N–H and O–H groups in total. The molecule has 5 heteroatoms. The van der Waals surface area contributed by atoms with Crippen LogP contribution < -0.4 is 16.0 Å². The molecular formula is C18H26N4O. The first-order chi connectivity index (χ1) is 11.1. The Kier molecular flexibility index (Phi) is 6.20. The molecule has 1 aromatic carbocycles. The Balaban J connectivity index is 1.81. The number of amides is 1. The Hall–Kier alpha value is -2.30. The Morgan fingerprint density at radius 2 is 1.87 bits per heavy atom. The third-order valence-electron chi connectivity index (χ3n) is 3.78. The number of anilines is 1. The van der Waals surface area contributed by atoms with E-state index in [2.05, 4.69) is 33.1 Å². The van der Waals surface area contributed by atoms with Crippen LogP contribution >= 0.6 is 0 Å². The minimum atomic E-state index is -0.0178. The Morgan fingerprint density at radius 1 is 1.22 bits per heavy atom. The zero-order valence-corrected chi connectivity index (χ0v) is 14.1. The van der Waals surface area contributed by atoms with E-state index in [0.29, 0.717) is 12.6 Å². The molecule has 1 aromatic rings. The third kappa shape index (κ3) is 5.43. The van der Waals surface area contributed by atoms with Gasteiger partial charge in [-0.25, -0.2) is 0 Å². The number of guanidine groups is 1. The molecule has 0 radical (unpaired) electrons. The summed E-state index contributed by atoms with van der Waals surface area (Å²) in [6.45, 7) is 4.45. The SMILES string of the molecule is CN=C(NCc1ccc(NC(=O)C(C)C)cc1)NC1CC=CC1. The molecule has 0 spiro atoms. The fourth-order valence-corrected chi connectivity index (χ4v) is 2.30. The second kappa shape index (κ2) is 8.36. The molecule has 0 bridgehead atoms. The van der Waals surface area contributed by atoms with Crippen LogP contribution in [0.2, 0.25) is 0 Å². The first kappa shape index (κ1) is 17.1. The molecule has 1 aliphatic rings. The van der Waals surface area contributed by atoms with Crippen molar-refractivity contribution in [1.82, 2.24) is 10.6 Å². The lowest BCUT2D eigenvalue weighted by Crippen LogP contribution is -2.42. The summed E-state index contributed by atoms with van der Waals surface area (Å²) in [5, 5.41) is 9.61. The van der Waals surface area contributed by atoms with Gasteiger partial charge in [0, 0.05) is 31.2 Å². The predicted octanol–water partition coefficient (Wildman–Crippen LogP) is 2.66. The van der Waals surface area contributed by atoms with Crippen LogP contribution in [-0.4, -0.2) is 25.0 Å². The highest BCUT2D eigenvalue weighted by Gasteiger charge is 2.11. The van der Waals surface area contributed by atoms with Crippen molar-refractivity contribution in [3.8, 4) is 0 Å². The van der Waals surface area contributed by atoms with Gasteiger partial charge in [0.1, 0.15) is 0 Å². The van der Waals surface area contributed by atoms with Crippen molar-refractivity contribution in [3.05, 3.63) is 42.0 Å². The summed E-state index contributed by atoms with van der Waals surface area (Å²) >= 11 is 0. The quantitative estimate of drug-likeness (QED) is 0.445. The number of benzene rings is 1. The minimum absolute atomic E-state index is 0.0178. The summed E-state index contributed by atoms with van der Waals surface area (Å²) in [5.41, 5.74) is 1.96. The van der Waals surface area contributed by atoms with E-state index in [9.17, 15) is 4.79 Å². The normalized spacial score (nSPS) is 15.0. The van der Waals surface area contributed by atoms with Crippen molar-refractivity contribution in [2.75, 3.05) is 12.4 Å². The van der Waals surface area contributed by atoms with Gasteiger partial charge in [-0.05, 0) is 30.5 Å². The van der Waals surface area contributed by atoms with E-state index in [1.54, 1.807) is 7.05 Å². The maximum atomic E-state index is 11.7. The number of nitrogens with zero attached hydrogens (tertiary/aromatic N) is 1. The van der Waals surface area contributed by atoms with Crippen molar-refractivity contribution in [2.24, 2.45) is 10.9 Å². The highest BCUT2D eigenvalue weighted by atomic mass is 16.1. The lowest BCUT2D eigenvalue weighted by Gasteiger charge is -2.17.